The van der Waals surface area contributed by atoms with Gasteiger partial charge in [0.1, 0.15) is 10.8 Å². The molecule has 1 saturated heterocycles. The fourth-order valence-corrected chi connectivity index (χ4v) is 2.38. The van der Waals surface area contributed by atoms with Crippen LogP contribution in [0.4, 0.5) is 5.69 Å². The summed E-state index contributed by atoms with van der Waals surface area (Å²) >= 11 is 5.36. The molecule has 0 amide bonds. The summed E-state index contributed by atoms with van der Waals surface area (Å²) in [6.45, 7) is 0. The zero-order valence-electron chi connectivity index (χ0n) is 10.2. The number of aliphatic imine (C=N–C) groups is 1. The molecule has 2 aromatic carbocycles. The van der Waals surface area contributed by atoms with Crippen molar-refractivity contribution in [2.75, 3.05) is 0 Å². The first-order valence-electron chi connectivity index (χ1n) is 6.09. The molecule has 1 heterocycles. The molecule has 1 fully saturated rings. The van der Waals surface area contributed by atoms with Crippen LogP contribution in [-0.4, -0.2) is 10.8 Å². The maximum atomic E-state index is 5.36. The Morgan fingerprint density at radius 1 is 0.842 bits per heavy atom. The van der Waals surface area contributed by atoms with E-state index >= 15 is 0 Å². The van der Waals surface area contributed by atoms with Crippen molar-refractivity contribution in [2.45, 2.75) is 5.92 Å². The molecule has 1 aliphatic rings. The number of rotatable bonds is 2. The smallest absolute Gasteiger partial charge is 0.135 e. The summed E-state index contributed by atoms with van der Waals surface area (Å²) in [5.41, 5.74) is 8.10. The van der Waals surface area contributed by atoms with Crippen LogP contribution in [0, 0.1) is 0 Å². The third-order valence-corrected chi connectivity index (χ3v) is 3.33. The van der Waals surface area contributed by atoms with Gasteiger partial charge in [-0.05, 0) is 17.7 Å². The van der Waals surface area contributed by atoms with Gasteiger partial charge >= 0.3 is 0 Å². The molecule has 94 valence electrons. The zero-order valence-corrected chi connectivity index (χ0v) is 11.0. The van der Waals surface area contributed by atoms with Crippen molar-refractivity contribution in [1.29, 1.82) is 0 Å². The number of hydrogen-bond acceptors (Lipinski definition) is 2. The van der Waals surface area contributed by atoms with Crippen LogP contribution in [0.3, 0.4) is 0 Å². The average Bonchev–Trinajstić information content (AvgIpc) is 2.82. The Morgan fingerprint density at radius 3 is 2.16 bits per heavy atom. The van der Waals surface area contributed by atoms with Crippen LogP contribution in [0.15, 0.2) is 65.7 Å². The van der Waals surface area contributed by atoms with Gasteiger partial charge < -0.3 is 0 Å². The monoisotopic (exact) mass is 267 g/mol. The highest BCUT2D eigenvalue weighted by Crippen LogP contribution is 2.23. The van der Waals surface area contributed by atoms with Gasteiger partial charge in [-0.15, -0.1) is 0 Å². The van der Waals surface area contributed by atoms with Gasteiger partial charge in [0.15, 0.2) is 0 Å². The number of amidine groups is 1. The summed E-state index contributed by atoms with van der Waals surface area (Å²) in [5, 5.41) is 0. The second kappa shape index (κ2) is 5.20. The first kappa shape index (κ1) is 11.9. The minimum atomic E-state index is -0.00333. The maximum Gasteiger partial charge on any atom is 0.135 e. The average molecular weight is 267 g/mol. The van der Waals surface area contributed by atoms with Crippen LogP contribution in [0.2, 0.25) is 0 Å². The highest BCUT2D eigenvalue weighted by Gasteiger charge is 2.29. The first-order chi connectivity index (χ1) is 9.34. The molecule has 19 heavy (non-hydrogen) atoms. The second-order valence-corrected chi connectivity index (χ2v) is 4.73. The van der Waals surface area contributed by atoms with Crippen molar-refractivity contribution in [3.63, 3.8) is 0 Å². The standard InChI is InChI=1S/C15H13N3S/c19-15-13(11-7-3-1-4-8-11)14(17-18-15)16-12-9-5-2-6-10-12/h1-10,13H,(H,16,17)(H,18,19). The highest BCUT2D eigenvalue weighted by molar-refractivity contribution is 7.80. The normalized spacial score (nSPS) is 20.1. The molecule has 0 bridgehead atoms. The molecule has 0 aromatic heterocycles. The van der Waals surface area contributed by atoms with Gasteiger partial charge in [0.2, 0.25) is 0 Å². The molecule has 2 aromatic rings. The second-order valence-electron chi connectivity index (χ2n) is 4.29. The van der Waals surface area contributed by atoms with Crippen LogP contribution < -0.4 is 10.9 Å². The van der Waals surface area contributed by atoms with Gasteiger partial charge in [0.05, 0.1) is 11.6 Å². The summed E-state index contributed by atoms with van der Waals surface area (Å²) in [5.74, 6) is 0.832. The third kappa shape index (κ3) is 2.48. The maximum absolute atomic E-state index is 5.36. The van der Waals surface area contributed by atoms with E-state index in [9.17, 15) is 0 Å². The van der Waals surface area contributed by atoms with E-state index in [1.165, 1.54) is 0 Å². The number of para-hydroxylation sites is 1. The molecule has 4 heteroatoms. The Balaban J connectivity index is 1.98. The summed E-state index contributed by atoms with van der Waals surface area (Å²) in [4.78, 5) is 5.37. The van der Waals surface area contributed by atoms with Crippen molar-refractivity contribution in [1.82, 2.24) is 10.9 Å². The molecular formula is C15H13N3S. The van der Waals surface area contributed by atoms with Crippen LogP contribution in [0.5, 0.6) is 0 Å². The van der Waals surface area contributed by atoms with E-state index in [1.807, 2.05) is 48.5 Å². The molecule has 0 spiro atoms. The van der Waals surface area contributed by atoms with E-state index in [4.69, 9.17) is 12.2 Å². The van der Waals surface area contributed by atoms with E-state index in [-0.39, 0.29) is 5.92 Å². The van der Waals surface area contributed by atoms with Crippen molar-refractivity contribution in [2.24, 2.45) is 4.99 Å². The molecular weight excluding hydrogens is 254 g/mol. The SMILES string of the molecule is S=C1NNC(=Nc2ccccc2)C1c1ccccc1. The summed E-state index contributed by atoms with van der Waals surface area (Å²) in [6, 6.07) is 20.0. The van der Waals surface area contributed by atoms with E-state index in [1.54, 1.807) is 0 Å². The quantitative estimate of drug-likeness (QED) is 0.821. The third-order valence-electron chi connectivity index (χ3n) is 2.99. The molecule has 3 rings (SSSR count). The van der Waals surface area contributed by atoms with Gasteiger partial charge in [-0.25, -0.2) is 4.99 Å². The van der Waals surface area contributed by atoms with E-state index in [0.29, 0.717) is 0 Å². The predicted octanol–water partition coefficient (Wildman–Crippen LogP) is 2.94. The lowest BCUT2D eigenvalue weighted by molar-refractivity contribution is 0.911. The number of hydrazine groups is 1. The van der Waals surface area contributed by atoms with Crippen molar-refractivity contribution >= 4 is 28.7 Å². The molecule has 3 nitrogen and oxygen atoms in total. The summed E-state index contributed by atoms with van der Waals surface area (Å²) in [6.07, 6.45) is 0. The lowest BCUT2D eigenvalue weighted by Gasteiger charge is -2.09. The Bertz CT molecular complexity index is 608. The zero-order chi connectivity index (χ0) is 13.1. The van der Waals surface area contributed by atoms with Gasteiger partial charge in [-0.1, -0.05) is 60.7 Å². The van der Waals surface area contributed by atoms with E-state index in [0.717, 1.165) is 22.1 Å². The molecule has 1 atom stereocenters. The Labute approximate surface area is 117 Å². The lowest BCUT2D eigenvalue weighted by Crippen LogP contribution is -2.27. The molecule has 1 unspecified atom stereocenters. The minimum Gasteiger partial charge on any atom is -0.292 e. The van der Waals surface area contributed by atoms with Crippen LogP contribution in [0.1, 0.15) is 11.5 Å². The predicted molar refractivity (Wildman–Crippen MR) is 81.6 cm³/mol. The number of nitrogens with zero attached hydrogens (tertiary/aromatic N) is 1. The Morgan fingerprint density at radius 2 is 1.47 bits per heavy atom. The summed E-state index contributed by atoms with van der Waals surface area (Å²) < 4.78 is 0. The largest absolute Gasteiger partial charge is 0.292 e. The van der Waals surface area contributed by atoms with Crippen molar-refractivity contribution in [3.8, 4) is 0 Å². The molecule has 0 aliphatic carbocycles. The van der Waals surface area contributed by atoms with E-state index < -0.39 is 0 Å². The van der Waals surface area contributed by atoms with Crippen molar-refractivity contribution in [3.05, 3.63) is 66.2 Å². The lowest BCUT2D eigenvalue weighted by atomic mass is 9.99. The highest BCUT2D eigenvalue weighted by atomic mass is 32.1. The van der Waals surface area contributed by atoms with Crippen molar-refractivity contribution < 1.29 is 0 Å². The molecule has 0 saturated carbocycles. The Hall–Kier alpha value is -2.20. The number of benzene rings is 2. The minimum absolute atomic E-state index is 0.00333. The van der Waals surface area contributed by atoms with E-state index in [2.05, 4.69) is 28.0 Å². The molecule has 1 aliphatic heterocycles. The fraction of sp³-hybridized carbons (Fsp3) is 0.0667. The van der Waals surface area contributed by atoms with Gasteiger partial charge in [0, 0.05) is 0 Å². The molecule has 0 radical (unpaired) electrons. The summed E-state index contributed by atoms with van der Waals surface area (Å²) in [7, 11) is 0. The van der Waals surface area contributed by atoms with Gasteiger partial charge in [0.25, 0.3) is 0 Å². The van der Waals surface area contributed by atoms with Gasteiger partial charge in [-0.3, -0.25) is 10.9 Å². The number of nitrogens with one attached hydrogen (secondary N) is 2. The van der Waals surface area contributed by atoms with Crippen LogP contribution in [0.25, 0.3) is 0 Å². The first-order valence-corrected chi connectivity index (χ1v) is 6.50. The number of hydrogen-bond donors (Lipinski definition) is 2. The van der Waals surface area contributed by atoms with Crippen LogP contribution in [-0.2, 0) is 0 Å². The Kier molecular flexibility index (Phi) is 3.25. The topological polar surface area (TPSA) is 36.4 Å². The van der Waals surface area contributed by atoms with Crippen LogP contribution >= 0.6 is 12.2 Å². The number of thiocarbonyl (C=S) groups is 1. The van der Waals surface area contributed by atoms with Gasteiger partial charge in [-0.2, -0.15) is 0 Å². The fourth-order valence-electron chi connectivity index (χ4n) is 2.08. The molecule has 2 N–H and O–H groups in total.